The van der Waals surface area contributed by atoms with E-state index in [0.717, 1.165) is 69.9 Å². The molecule has 2 aromatic carbocycles. The molecule has 3 aliphatic rings. The number of likely N-dealkylation sites (N-methyl/N-ethyl adjacent to an activating group) is 1. The Morgan fingerprint density at radius 1 is 1.05 bits per heavy atom. The molecule has 6 heteroatoms. The van der Waals surface area contributed by atoms with Crippen LogP contribution < -0.4 is 10.4 Å². The molecular formula is C33H42BN4O. The van der Waals surface area contributed by atoms with E-state index >= 15 is 0 Å². The Morgan fingerprint density at radius 3 is 2.49 bits per heavy atom. The standard InChI is InChI=1S/C31H36BN4O.C2H6/c1-2-34(22-28-5-4-18-37-28)21-25-19-24(29-6-3-13-33-31(29)30(25)23-7-8-23)20-35-14-16-36(17-15-35)27-11-9-26(32)10-12-27;1-2/h3,6-13,19,28H,2,4-5,14-18,20-22H2,1H3;1-2H3. The molecule has 3 heterocycles. The number of ether oxygens (including phenoxy) is 1. The van der Waals surface area contributed by atoms with Crippen LogP contribution in [0.25, 0.3) is 16.5 Å². The molecule has 39 heavy (non-hydrogen) atoms. The van der Waals surface area contributed by atoms with Gasteiger partial charge in [-0.25, -0.2) is 0 Å². The lowest BCUT2D eigenvalue weighted by atomic mass is 9.95. The smallest absolute Gasteiger partial charge is 0.113 e. The highest BCUT2D eigenvalue weighted by Gasteiger charge is 2.25. The second-order valence-electron chi connectivity index (χ2n) is 10.6. The van der Waals surface area contributed by atoms with Crippen LogP contribution in [0.15, 0.2) is 54.7 Å². The maximum Gasteiger partial charge on any atom is 0.113 e. The van der Waals surface area contributed by atoms with Crippen molar-refractivity contribution in [1.82, 2.24) is 14.8 Å². The fourth-order valence-corrected chi connectivity index (χ4v) is 5.87. The third kappa shape index (κ3) is 6.74. The van der Waals surface area contributed by atoms with Crippen molar-refractivity contribution in [3.63, 3.8) is 0 Å². The van der Waals surface area contributed by atoms with Crippen LogP contribution in [0.1, 0.15) is 50.3 Å². The Kier molecular flexibility index (Phi) is 9.38. The Bertz CT molecular complexity index is 1260. The fraction of sp³-hybridized carbons (Fsp3) is 0.455. The highest BCUT2D eigenvalue weighted by Crippen LogP contribution is 2.39. The molecule has 3 aromatic rings. The van der Waals surface area contributed by atoms with Crippen molar-refractivity contribution in [2.24, 2.45) is 0 Å². The third-order valence-corrected chi connectivity index (χ3v) is 8.03. The first-order chi connectivity index (χ1) is 19.2. The van der Waals surface area contributed by atoms with E-state index in [2.05, 4.69) is 64.5 Å². The molecule has 203 valence electrons. The first kappa shape index (κ1) is 27.9. The van der Waals surface area contributed by atoms with E-state index in [-0.39, 0.29) is 0 Å². The minimum Gasteiger partial charge on any atom is -0.377 e. The monoisotopic (exact) mass is 521 g/mol. The zero-order valence-electron chi connectivity index (χ0n) is 23.9. The zero-order valence-corrected chi connectivity index (χ0v) is 23.9. The summed E-state index contributed by atoms with van der Waals surface area (Å²) in [5, 5.41) is 1.28. The quantitative estimate of drug-likeness (QED) is 0.371. The van der Waals surface area contributed by atoms with Crippen molar-refractivity contribution < 1.29 is 4.74 Å². The Hall–Kier alpha value is -2.67. The SMILES string of the molecule is CC.[B]c1ccc(N2CCN(Cc3cc(CN(CC)CC4CCCO4)c(C4=C[CH]4)c4ncccc34)CC2)cc1. The van der Waals surface area contributed by atoms with Gasteiger partial charge in [-0.2, -0.15) is 0 Å². The molecule has 0 N–H and O–H groups in total. The van der Waals surface area contributed by atoms with E-state index in [9.17, 15) is 0 Å². The Balaban J connectivity index is 0.00000151. The van der Waals surface area contributed by atoms with Crippen LogP contribution in [0, 0.1) is 6.42 Å². The number of nitrogens with zero attached hydrogens (tertiary/aromatic N) is 4. The maximum atomic E-state index is 5.97. The van der Waals surface area contributed by atoms with E-state index in [4.69, 9.17) is 17.6 Å². The van der Waals surface area contributed by atoms with Crippen LogP contribution in [-0.4, -0.2) is 74.6 Å². The van der Waals surface area contributed by atoms with Gasteiger partial charge in [-0.05, 0) is 54.3 Å². The number of pyridine rings is 1. The number of allylic oxidation sites excluding steroid dienone is 2. The number of benzene rings is 2. The lowest BCUT2D eigenvalue weighted by molar-refractivity contribution is 0.0725. The van der Waals surface area contributed by atoms with E-state index in [1.54, 1.807) is 0 Å². The summed E-state index contributed by atoms with van der Waals surface area (Å²) in [5.41, 5.74) is 8.64. The van der Waals surface area contributed by atoms with Gasteiger partial charge in [-0.1, -0.05) is 56.6 Å². The average molecular weight is 522 g/mol. The predicted molar refractivity (Wildman–Crippen MR) is 165 cm³/mol. The van der Waals surface area contributed by atoms with E-state index < -0.39 is 0 Å². The lowest BCUT2D eigenvalue weighted by Crippen LogP contribution is -2.46. The van der Waals surface area contributed by atoms with Gasteiger partial charge in [0, 0.05) is 81.7 Å². The summed E-state index contributed by atoms with van der Waals surface area (Å²) in [6.45, 7) is 15.2. The van der Waals surface area contributed by atoms with E-state index in [0.29, 0.717) is 6.10 Å². The topological polar surface area (TPSA) is 31.8 Å². The van der Waals surface area contributed by atoms with E-state index in [1.807, 2.05) is 32.2 Å². The number of fused-ring (bicyclic) bond motifs is 1. The van der Waals surface area contributed by atoms with Gasteiger partial charge in [0.05, 0.1) is 11.6 Å². The minimum absolute atomic E-state index is 0.366. The lowest BCUT2D eigenvalue weighted by Gasteiger charge is -2.36. The molecule has 0 spiro atoms. The molecule has 1 atom stereocenters. The Labute approximate surface area is 236 Å². The number of rotatable bonds is 9. The van der Waals surface area contributed by atoms with Crippen molar-refractivity contribution in [1.29, 1.82) is 0 Å². The minimum atomic E-state index is 0.366. The molecule has 5 nitrogen and oxygen atoms in total. The van der Waals surface area contributed by atoms with Crippen LogP contribution in [0.3, 0.4) is 0 Å². The van der Waals surface area contributed by atoms with Gasteiger partial charge in [0.2, 0.25) is 0 Å². The van der Waals surface area contributed by atoms with Crippen LogP contribution in [0.5, 0.6) is 0 Å². The van der Waals surface area contributed by atoms with Gasteiger partial charge in [0.1, 0.15) is 7.85 Å². The Morgan fingerprint density at radius 2 is 1.82 bits per heavy atom. The summed E-state index contributed by atoms with van der Waals surface area (Å²) >= 11 is 0. The molecule has 0 amide bonds. The molecule has 1 aliphatic carbocycles. The van der Waals surface area contributed by atoms with Crippen molar-refractivity contribution >= 4 is 35.5 Å². The van der Waals surface area contributed by atoms with Crippen LogP contribution >= 0.6 is 0 Å². The molecular weight excluding hydrogens is 479 g/mol. The predicted octanol–water partition coefficient (Wildman–Crippen LogP) is 4.98. The van der Waals surface area contributed by atoms with Crippen LogP contribution in [0.2, 0.25) is 0 Å². The van der Waals surface area contributed by atoms with Crippen LogP contribution in [-0.2, 0) is 17.8 Å². The molecule has 2 fully saturated rings. The highest BCUT2D eigenvalue weighted by molar-refractivity contribution is 6.32. The van der Waals surface area contributed by atoms with Crippen molar-refractivity contribution in [3.8, 4) is 0 Å². The number of anilines is 1. The third-order valence-electron chi connectivity index (χ3n) is 8.03. The molecule has 2 saturated heterocycles. The first-order valence-corrected chi connectivity index (χ1v) is 14.8. The van der Waals surface area contributed by atoms with E-state index in [1.165, 1.54) is 46.2 Å². The van der Waals surface area contributed by atoms with Gasteiger partial charge in [-0.3, -0.25) is 14.8 Å². The van der Waals surface area contributed by atoms with Crippen molar-refractivity contribution in [2.45, 2.75) is 52.8 Å². The molecule has 0 bridgehead atoms. The fourth-order valence-electron chi connectivity index (χ4n) is 5.87. The van der Waals surface area contributed by atoms with Gasteiger partial charge in [0.25, 0.3) is 0 Å². The summed E-state index contributed by atoms with van der Waals surface area (Å²) in [7, 11) is 5.89. The normalized spacial score (nSPS) is 19.2. The molecule has 3 radical (unpaired) electrons. The summed E-state index contributed by atoms with van der Waals surface area (Å²) in [4.78, 5) is 12.5. The second kappa shape index (κ2) is 13.1. The van der Waals surface area contributed by atoms with Gasteiger partial charge < -0.3 is 9.64 Å². The summed E-state index contributed by atoms with van der Waals surface area (Å²) < 4.78 is 5.97. The molecule has 1 aromatic heterocycles. The molecule has 0 saturated carbocycles. The van der Waals surface area contributed by atoms with Gasteiger partial charge in [-0.15, -0.1) is 0 Å². The van der Waals surface area contributed by atoms with Crippen molar-refractivity contribution in [3.05, 3.63) is 77.8 Å². The van der Waals surface area contributed by atoms with Gasteiger partial charge >= 0.3 is 0 Å². The first-order valence-electron chi connectivity index (χ1n) is 14.8. The average Bonchev–Trinajstić information content (AvgIpc) is 3.69. The molecule has 2 aliphatic heterocycles. The van der Waals surface area contributed by atoms with Crippen molar-refractivity contribution in [2.75, 3.05) is 50.8 Å². The van der Waals surface area contributed by atoms with Crippen LogP contribution in [0.4, 0.5) is 5.69 Å². The van der Waals surface area contributed by atoms with Gasteiger partial charge in [0.15, 0.2) is 0 Å². The zero-order chi connectivity index (χ0) is 27.2. The largest absolute Gasteiger partial charge is 0.377 e. The number of piperazine rings is 1. The second-order valence-corrected chi connectivity index (χ2v) is 10.6. The molecule has 6 rings (SSSR count). The molecule has 1 unspecified atom stereocenters. The summed E-state index contributed by atoms with van der Waals surface area (Å²) in [6, 6.07) is 15.1. The summed E-state index contributed by atoms with van der Waals surface area (Å²) in [6.07, 6.45) is 9.11. The number of hydrogen-bond donors (Lipinski definition) is 0. The highest BCUT2D eigenvalue weighted by atomic mass is 16.5. The maximum absolute atomic E-state index is 5.97. The number of aromatic nitrogens is 1. The number of hydrogen-bond acceptors (Lipinski definition) is 5. The summed E-state index contributed by atoms with van der Waals surface area (Å²) in [5.74, 6) is 0.